The molecule has 0 spiro atoms. The number of nitrogens with one attached hydrogen (secondary N) is 1. The number of carbonyl (C=O) groups is 1. The highest BCUT2D eigenvalue weighted by molar-refractivity contribution is 7.92. The molecular weight excluding hydrogens is 451 g/mol. The maximum atomic E-state index is 14.2. The number of morpholine rings is 1. The summed E-state index contributed by atoms with van der Waals surface area (Å²) in [6.07, 6.45) is 0. The molecule has 0 aliphatic carbocycles. The number of hydrogen-bond acceptors (Lipinski definition) is 7. The number of halogens is 1. The molecule has 9 nitrogen and oxygen atoms in total. The average molecular weight is 473 g/mol. The number of benzene rings is 2. The Hall–Kier alpha value is -2.54. The molecule has 1 aliphatic heterocycles. The van der Waals surface area contributed by atoms with E-state index in [0.717, 1.165) is 25.3 Å². The van der Waals surface area contributed by atoms with Gasteiger partial charge in [-0.2, -0.15) is 4.31 Å². The Morgan fingerprint density at radius 2 is 1.74 bits per heavy atom. The lowest BCUT2D eigenvalue weighted by Gasteiger charge is -2.27. The molecule has 168 valence electrons. The second kappa shape index (κ2) is 8.91. The lowest BCUT2D eigenvalue weighted by molar-refractivity contribution is 0.0600. The zero-order chi connectivity index (χ0) is 22.8. The number of esters is 1. The minimum Gasteiger partial charge on any atom is -0.465 e. The van der Waals surface area contributed by atoms with Crippen molar-refractivity contribution in [2.24, 2.45) is 0 Å². The van der Waals surface area contributed by atoms with Crippen LogP contribution < -0.4 is 4.72 Å². The zero-order valence-electron chi connectivity index (χ0n) is 16.8. The molecule has 1 heterocycles. The van der Waals surface area contributed by atoms with Gasteiger partial charge in [0.25, 0.3) is 10.0 Å². The first kappa shape index (κ1) is 23.1. The van der Waals surface area contributed by atoms with Crippen molar-refractivity contribution < 1.29 is 35.5 Å². The number of nitrogens with zero attached hydrogens (tertiary/aromatic N) is 1. The van der Waals surface area contributed by atoms with Crippen molar-refractivity contribution >= 4 is 31.7 Å². The van der Waals surface area contributed by atoms with E-state index in [9.17, 15) is 26.0 Å². The van der Waals surface area contributed by atoms with Gasteiger partial charge >= 0.3 is 5.97 Å². The van der Waals surface area contributed by atoms with E-state index in [1.165, 1.54) is 22.5 Å². The van der Waals surface area contributed by atoms with Gasteiger partial charge in [-0.3, -0.25) is 4.72 Å². The molecule has 0 aromatic heterocycles. The zero-order valence-corrected chi connectivity index (χ0v) is 18.4. The van der Waals surface area contributed by atoms with Crippen LogP contribution in [0, 0.1) is 12.7 Å². The summed E-state index contributed by atoms with van der Waals surface area (Å²) in [5.41, 5.74) is 0.206. The Balaban J connectivity index is 1.96. The Bertz CT molecular complexity index is 1210. The van der Waals surface area contributed by atoms with Crippen LogP contribution in [0.2, 0.25) is 0 Å². The van der Waals surface area contributed by atoms with Gasteiger partial charge in [0.15, 0.2) is 0 Å². The molecule has 0 amide bonds. The number of anilines is 1. The quantitative estimate of drug-likeness (QED) is 0.636. The lowest BCUT2D eigenvalue weighted by Crippen LogP contribution is -2.40. The highest BCUT2D eigenvalue weighted by Crippen LogP contribution is 2.27. The van der Waals surface area contributed by atoms with Crippen molar-refractivity contribution in [1.82, 2.24) is 4.31 Å². The van der Waals surface area contributed by atoms with Crippen molar-refractivity contribution in [2.45, 2.75) is 16.7 Å². The number of hydrogen-bond donors (Lipinski definition) is 1. The average Bonchev–Trinajstić information content (AvgIpc) is 2.75. The molecule has 1 aliphatic rings. The van der Waals surface area contributed by atoms with Crippen LogP contribution in [-0.4, -0.2) is 60.5 Å². The molecular formula is C19H21FN2O7S2. The maximum Gasteiger partial charge on any atom is 0.337 e. The summed E-state index contributed by atoms with van der Waals surface area (Å²) in [6.45, 7) is 2.48. The molecule has 1 N–H and O–H groups in total. The second-order valence-corrected chi connectivity index (χ2v) is 10.3. The third-order valence-electron chi connectivity index (χ3n) is 4.67. The monoisotopic (exact) mass is 472 g/mol. The summed E-state index contributed by atoms with van der Waals surface area (Å²) in [7, 11) is -7.24. The number of ether oxygens (including phenoxy) is 2. The second-order valence-electron chi connectivity index (χ2n) is 6.74. The van der Waals surface area contributed by atoms with E-state index in [4.69, 9.17) is 4.74 Å². The van der Waals surface area contributed by atoms with E-state index < -0.39 is 36.7 Å². The third kappa shape index (κ3) is 4.87. The van der Waals surface area contributed by atoms with E-state index >= 15 is 0 Å². The number of rotatable bonds is 6. The van der Waals surface area contributed by atoms with Gasteiger partial charge in [0.2, 0.25) is 10.0 Å². The minimum atomic E-state index is -4.47. The summed E-state index contributed by atoms with van der Waals surface area (Å²) in [4.78, 5) is 10.8. The summed E-state index contributed by atoms with van der Waals surface area (Å²) < 4.78 is 78.8. The van der Waals surface area contributed by atoms with Crippen molar-refractivity contribution in [2.75, 3.05) is 38.1 Å². The molecule has 0 radical (unpaired) electrons. The Labute approximate surface area is 179 Å². The first-order valence-corrected chi connectivity index (χ1v) is 12.1. The Kier molecular flexibility index (Phi) is 6.65. The van der Waals surface area contributed by atoms with Crippen molar-refractivity contribution in [1.29, 1.82) is 0 Å². The Morgan fingerprint density at radius 1 is 1.06 bits per heavy atom. The first-order valence-electron chi connectivity index (χ1n) is 9.15. The largest absolute Gasteiger partial charge is 0.465 e. The van der Waals surface area contributed by atoms with E-state index in [0.29, 0.717) is 5.56 Å². The van der Waals surface area contributed by atoms with Crippen LogP contribution in [0.25, 0.3) is 0 Å². The molecule has 3 rings (SSSR count). The number of aryl methyl sites for hydroxylation is 1. The normalized spacial score (nSPS) is 15.5. The Morgan fingerprint density at radius 3 is 2.39 bits per heavy atom. The summed E-state index contributed by atoms with van der Waals surface area (Å²) in [6, 6.07) is 6.78. The van der Waals surface area contributed by atoms with E-state index in [2.05, 4.69) is 9.46 Å². The molecule has 0 bridgehead atoms. The molecule has 12 heteroatoms. The van der Waals surface area contributed by atoms with Crippen molar-refractivity contribution in [3.63, 3.8) is 0 Å². The highest BCUT2D eigenvalue weighted by Gasteiger charge is 2.29. The van der Waals surface area contributed by atoms with Gasteiger partial charge in [0, 0.05) is 13.1 Å². The minimum absolute atomic E-state index is 0.0692. The fraction of sp³-hybridized carbons (Fsp3) is 0.316. The number of methoxy groups -OCH3 is 1. The SMILES string of the molecule is COC(=O)c1ccc(F)c(S(=O)(=O)Nc2ccc(C)c(S(=O)(=O)N3CCOCC3)c2)c1. The van der Waals surface area contributed by atoms with E-state index in [1.54, 1.807) is 6.92 Å². The summed E-state index contributed by atoms with van der Waals surface area (Å²) >= 11 is 0. The van der Waals surface area contributed by atoms with Gasteiger partial charge in [-0.05, 0) is 42.8 Å². The predicted octanol–water partition coefficient (Wildman–Crippen LogP) is 1.74. The van der Waals surface area contributed by atoms with Crippen LogP contribution in [-0.2, 0) is 29.5 Å². The fourth-order valence-electron chi connectivity index (χ4n) is 3.03. The van der Waals surface area contributed by atoms with Crippen molar-refractivity contribution in [3.05, 3.63) is 53.3 Å². The van der Waals surface area contributed by atoms with Gasteiger partial charge in [-0.1, -0.05) is 6.07 Å². The smallest absolute Gasteiger partial charge is 0.337 e. The van der Waals surface area contributed by atoms with Gasteiger partial charge in [0.05, 0.1) is 36.5 Å². The van der Waals surface area contributed by atoms with Crippen LogP contribution in [0.15, 0.2) is 46.2 Å². The van der Waals surface area contributed by atoms with Crippen LogP contribution in [0.1, 0.15) is 15.9 Å². The van der Waals surface area contributed by atoms with E-state index in [-0.39, 0.29) is 42.4 Å². The molecule has 2 aromatic carbocycles. The van der Waals surface area contributed by atoms with Gasteiger partial charge in [-0.25, -0.2) is 26.0 Å². The fourth-order valence-corrected chi connectivity index (χ4v) is 5.84. The summed E-state index contributed by atoms with van der Waals surface area (Å²) in [5.74, 6) is -1.90. The molecule has 1 fully saturated rings. The molecule has 31 heavy (non-hydrogen) atoms. The lowest BCUT2D eigenvalue weighted by atomic mass is 10.2. The van der Waals surface area contributed by atoms with Gasteiger partial charge in [0.1, 0.15) is 10.7 Å². The number of carbonyl (C=O) groups excluding carboxylic acids is 1. The standard InChI is InChI=1S/C19H21FN2O7S2/c1-13-3-5-15(12-17(13)31(26,27)22-7-9-29-10-8-22)21-30(24,25)18-11-14(19(23)28-2)4-6-16(18)20/h3-6,11-12,21H,7-10H2,1-2H3. The molecule has 0 atom stereocenters. The van der Waals surface area contributed by atoms with Gasteiger partial charge in [-0.15, -0.1) is 0 Å². The van der Waals surface area contributed by atoms with Crippen molar-refractivity contribution in [3.8, 4) is 0 Å². The van der Waals surface area contributed by atoms with Crippen LogP contribution >= 0.6 is 0 Å². The summed E-state index contributed by atoms with van der Waals surface area (Å²) in [5, 5.41) is 0. The van der Waals surface area contributed by atoms with Crippen LogP contribution in [0.4, 0.5) is 10.1 Å². The van der Waals surface area contributed by atoms with Gasteiger partial charge < -0.3 is 9.47 Å². The highest BCUT2D eigenvalue weighted by atomic mass is 32.2. The molecule has 0 unspecified atom stereocenters. The topological polar surface area (TPSA) is 119 Å². The maximum absolute atomic E-state index is 14.2. The first-order chi connectivity index (χ1) is 14.6. The van der Waals surface area contributed by atoms with Crippen LogP contribution in [0.5, 0.6) is 0 Å². The molecule has 2 aromatic rings. The predicted molar refractivity (Wildman–Crippen MR) is 109 cm³/mol. The van der Waals surface area contributed by atoms with Crippen LogP contribution in [0.3, 0.4) is 0 Å². The number of sulfonamides is 2. The van der Waals surface area contributed by atoms with E-state index in [1.807, 2.05) is 0 Å². The molecule has 1 saturated heterocycles. The molecule has 0 saturated carbocycles. The third-order valence-corrected chi connectivity index (χ3v) is 8.11.